The monoisotopic (exact) mass is 899 g/mol. The highest BCUT2D eigenvalue weighted by molar-refractivity contribution is 7.15. The largest absolute Gasteiger partial charge is 0.508 e. The lowest BCUT2D eigenvalue weighted by molar-refractivity contribution is -0.0174. The molecule has 5 heterocycles. The number of anilines is 2. The van der Waals surface area contributed by atoms with Crippen molar-refractivity contribution >= 4 is 28.4 Å². The third-order valence-electron chi connectivity index (χ3n) is 14.3. The van der Waals surface area contributed by atoms with Crippen LogP contribution < -0.4 is 14.5 Å². The van der Waals surface area contributed by atoms with Crippen LogP contribution in [-0.4, -0.2) is 94.1 Å². The molecule has 0 amide bonds. The number of β-amino-alcohol motifs (C(OH)–C–C–N with tert-alkyl or cyclic N) is 1. The van der Waals surface area contributed by atoms with Gasteiger partial charge in [0.25, 0.3) is 0 Å². The molecule has 2 aromatic heterocycles. The van der Waals surface area contributed by atoms with E-state index in [9.17, 15) is 10.2 Å². The maximum atomic E-state index is 16.2. The molecule has 6 aromatic rings. The van der Waals surface area contributed by atoms with E-state index in [2.05, 4.69) is 61.5 Å². The van der Waals surface area contributed by atoms with Crippen LogP contribution >= 0.6 is 11.3 Å². The molecule has 2 unspecified atom stereocenters. The van der Waals surface area contributed by atoms with Gasteiger partial charge in [-0.1, -0.05) is 43.8 Å². The molecule has 1 aliphatic carbocycles. The van der Waals surface area contributed by atoms with Gasteiger partial charge in [0.1, 0.15) is 40.0 Å². The fourth-order valence-electron chi connectivity index (χ4n) is 10.7. The maximum Gasteiger partial charge on any atom is 0.162 e. The van der Waals surface area contributed by atoms with Gasteiger partial charge >= 0.3 is 0 Å². The van der Waals surface area contributed by atoms with Crippen LogP contribution in [0.4, 0.5) is 20.2 Å². The lowest BCUT2D eigenvalue weighted by atomic mass is 9.69. The van der Waals surface area contributed by atoms with Gasteiger partial charge in [0.05, 0.1) is 24.1 Å². The first kappa shape index (κ1) is 44.6. The summed E-state index contributed by atoms with van der Waals surface area (Å²) in [5.74, 6) is 1.85. The predicted octanol–water partition coefficient (Wildman–Crippen LogP) is 9.81. The number of ether oxygens (including phenoxy) is 1. The highest BCUT2D eigenvalue weighted by Gasteiger charge is 2.38. The van der Waals surface area contributed by atoms with E-state index in [1.54, 1.807) is 36.6 Å². The van der Waals surface area contributed by atoms with Gasteiger partial charge in [-0.15, -0.1) is 21.5 Å². The number of aliphatic hydroxyl groups is 1. The van der Waals surface area contributed by atoms with Crippen LogP contribution in [0.15, 0.2) is 83.9 Å². The molecule has 10 nitrogen and oxygen atoms in total. The topological polar surface area (TPSA) is 102 Å². The number of fused-ring (bicyclic) bond motifs is 4. The molecule has 10 rings (SSSR count). The quantitative estimate of drug-likeness (QED) is 0.156. The van der Waals surface area contributed by atoms with Crippen LogP contribution in [0.5, 0.6) is 11.5 Å². The van der Waals surface area contributed by atoms with Crippen LogP contribution in [0.1, 0.15) is 107 Å². The number of aromatic nitrogens is 3. The summed E-state index contributed by atoms with van der Waals surface area (Å²) in [5.41, 5.74) is 8.25. The number of rotatable bonds is 8. The Labute approximate surface area is 384 Å². The number of benzene rings is 4. The number of phenolic OH excluding ortho intramolecular Hbond substituents is 1. The smallest absolute Gasteiger partial charge is 0.162 e. The van der Waals surface area contributed by atoms with E-state index in [0.717, 1.165) is 106 Å². The molecule has 2 fully saturated rings. The van der Waals surface area contributed by atoms with E-state index in [0.29, 0.717) is 43.7 Å². The number of aromatic hydroxyl groups is 1. The summed E-state index contributed by atoms with van der Waals surface area (Å²) in [5, 5.41) is 32.0. The van der Waals surface area contributed by atoms with Gasteiger partial charge in [0.15, 0.2) is 5.82 Å². The Balaban J connectivity index is 0.00000533. The van der Waals surface area contributed by atoms with E-state index in [1.807, 2.05) is 50.2 Å². The number of aliphatic imine (C=N–C) groups is 1. The second-order valence-electron chi connectivity index (χ2n) is 18.2. The van der Waals surface area contributed by atoms with Crippen molar-refractivity contribution in [1.82, 2.24) is 19.7 Å². The molecule has 13 heteroatoms. The normalized spacial score (nSPS) is 20.6. The maximum absolute atomic E-state index is 16.2. The molecule has 0 radical (unpaired) electrons. The van der Waals surface area contributed by atoms with E-state index in [-0.39, 0.29) is 42.7 Å². The second-order valence-corrected chi connectivity index (χ2v) is 19.4. The van der Waals surface area contributed by atoms with Crippen LogP contribution in [0.25, 0.3) is 5.00 Å². The Bertz CT molecular complexity index is 2770. The van der Waals surface area contributed by atoms with Gasteiger partial charge in [0, 0.05) is 85.1 Å². The van der Waals surface area contributed by atoms with E-state index in [1.165, 1.54) is 10.9 Å². The number of phenols is 1. The molecule has 4 aliphatic rings. The Morgan fingerprint density at radius 2 is 1.58 bits per heavy atom. The number of piperidine rings is 1. The number of hydrogen-bond acceptors (Lipinski definition) is 10. The molecule has 2 N–H and O–H groups in total. The predicted molar refractivity (Wildman–Crippen MR) is 256 cm³/mol. The minimum atomic E-state index is -0.866. The Kier molecular flexibility index (Phi) is 12.1. The van der Waals surface area contributed by atoms with Gasteiger partial charge in [-0.25, -0.2) is 8.78 Å². The van der Waals surface area contributed by atoms with Crippen molar-refractivity contribution in [2.45, 2.75) is 84.3 Å². The average molecular weight is 900 g/mol. The fraction of sp³-hybridized carbons (Fsp3) is 0.404. The zero-order valence-electron chi connectivity index (χ0n) is 37.1. The van der Waals surface area contributed by atoms with Gasteiger partial charge in [0.2, 0.25) is 0 Å². The highest BCUT2D eigenvalue weighted by Crippen LogP contribution is 2.50. The number of methoxy groups -OCH3 is 1. The SMILES string of the molecule is C.COc1cc(N2CCN(CC3(O)CCN(c4ccc(C5=N[C@@H](C)c6nnc(C)n6-c6sc(C)c(C)c65)cc4F)CC3)CC2)ccc1C1c2ccc(O)cc2CCC1c1ccccc1F. The molecular formula is C52H59F2N7O3S. The molecule has 3 atom stereocenters. The van der Waals surface area contributed by atoms with Crippen LogP contribution in [-0.2, 0) is 6.42 Å². The first-order valence-corrected chi connectivity index (χ1v) is 23.3. The minimum absolute atomic E-state index is 0. The first-order valence-electron chi connectivity index (χ1n) is 22.5. The number of nitrogens with zero attached hydrogens (tertiary/aromatic N) is 7. The fourth-order valence-corrected chi connectivity index (χ4v) is 12.0. The van der Waals surface area contributed by atoms with E-state index >= 15 is 8.78 Å². The number of halogens is 2. The van der Waals surface area contributed by atoms with Crippen LogP contribution in [0, 0.1) is 32.4 Å². The molecule has 4 aromatic carbocycles. The summed E-state index contributed by atoms with van der Waals surface area (Å²) < 4.78 is 39.7. The van der Waals surface area contributed by atoms with Crippen LogP contribution in [0.3, 0.4) is 0 Å². The summed E-state index contributed by atoms with van der Waals surface area (Å²) in [7, 11) is 1.69. The van der Waals surface area contributed by atoms with Gasteiger partial charge in [-0.05, 0) is 118 Å². The number of thiophene rings is 1. The second kappa shape index (κ2) is 17.6. The Morgan fingerprint density at radius 1 is 0.831 bits per heavy atom. The van der Waals surface area contributed by atoms with Crippen molar-refractivity contribution in [3.8, 4) is 16.5 Å². The summed E-state index contributed by atoms with van der Waals surface area (Å²) in [6.07, 6.45) is 2.60. The molecular weight excluding hydrogens is 841 g/mol. The summed E-state index contributed by atoms with van der Waals surface area (Å²) in [4.78, 5) is 13.1. The van der Waals surface area contributed by atoms with E-state index < -0.39 is 5.60 Å². The third kappa shape index (κ3) is 8.09. The lowest BCUT2D eigenvalue weighted by Crippen LogP contribution is -2.55. The van der Waals surface area contributed by atoms with Crippen molar-refractivity contribution in [3.05, 3.63) is 146 Å². The average Bonchev–Trinajstić information content (AvgIpc) is 3.78. The first-order chi connectivity index (χ1) is 30.9. The molecule has 0 bridgehead atoms. The van der Waals surface area contributed by atoms with Crippen molar-refractivity contribution in [3.63, 3.8) is 0 Å². The summed E-state index contributed by atoms with van der Waals surface area (Å²) in [6.45, 7) is 13.0. The third-order valence-corrected chi connectivity index (χ3v) is 15.5. The molecule has 3 aliphatic heterocycles. The van der Waals surface area contributed by atoms with Gasteiger partial charge in [-0.3, -0.25) is 14.5 Å². The summed E-state index contributed by atoms with van der Waals surface area (Å²) >= 11 is 1.69. The van der Waals surface area contributed by atoms with E-state index in [4.69, 9.17) is 9.73 Å². The van der Waals surface area contributed by atoms with Crippen molar-refractivity contribution in [2.75, 3.05) is 62.7 Å². The molecule has 340 valence electrons. The van der Waals surface area contributed by atoms with Crippen molar-refractivity contribution < 1.29 is 23.7 Å². The molecule has 0 spiro atoms. The Hall–Kier alpha value is -5.63. The van der Waals surface area contributed by atoms with Crippen molar-refractivity contribution in [1.29, 1.82) is 0 Å². The molecule has 0 saturated carbocycles. The molecule has 2 saturated heterocycles. The highest BCUT2D eigenvalue weighted by atomic mass is 32.1. The van der Waals surface area contributed by atoms with Gasteiger partial charge in [-0.2, -0.15) is 0 Å². The number of aryl methyl sites for hydroxylation is 3. The zero-order valence-corrected chi connectivity index (χ0v) is 37.9. The number of piperazine rings is 1. The van der Waals surface area contributed by atoms with Gasteiger partial charge < -0.3 is 24.7 Å². The number of hydrogen-bond donors (Lipinski definition) is 2. The standard InChI is InChI=1S/C51H55F2N7O3S.CH4/c1-30-32(3)64-50-46(30)48(54-31(2)49-56-55-33(4)60(49)50)35-11-17-44(43(53)27-35)59-20-18-51(62,19-21-59)29-57-22-24-58(25-23-57)36-12-15-41(45(28-36)63-5)47-38-16-13-37(61)26-34(38)10-14-40(47)39-8-6-7-9-42(39)52;/h6-9,11-13,15-17,26-28,31,40,47,61-62H,10,14,18-25,29H2,1-5H3;1H4/t31-,40?,47?;/m0./s1. The lowest BCUT2D eigenvalue weighted by Gasteiger charge is -2.44. The summed E-state index contributed by atoms with van der Waals surface area (Å²) in [6, 6.07) is 24.2. The van der Waals surface area contributed by atoms with Crippen molar-refractivity contribution in [2.24, 2.45) is 4.99 Å². The molecule has 65 heavy (non-hydrogen) atoms. The Morgan fingerprint density at radius 3 is 2.32 bits per heavy atom. The minimum Gasteiger partial charge on any atom is -0.508 e. The zero-order chi connectivity index (χ0) is 44.4. The van der Waals surface area contributed by atoms with Crippen LogP contribution in [0.2, 0.25) is 0 Å².